The fourth-order valence-electron chi connectivity index (χ4n) is 6.95. The van der Waals surface area contributed by atoms with Crippen molar-refractivity contribution in [3.63, 3.8) is 0 Å². The van der Waals surface area contributed by atoms with E-state index >= 15 is 8.78 Å². The van der Waals surface area contributed by atoms with E-state index in [-0.39, 0.29) is 44.9 Å². The number of pyridine rings is 1. The molecule has 2 aliphatic carbocycles. The van der Waals surface area contributed by atoms with Crippen LogP contribution in [-0.4, -0.2) is 83.2 Å². The third kappa shape index (κ3) is 5.72. The van der Waals surface area contributed by atoms with Crippen molar-refractivity contribution >= 4 is 34.1 Å². The van der Waals surface area contributed by atoms with Crippen molar-refractivity contribution in [3.8, 4) is 12.1 Å². The van der Waals surface area contributed by atoms with Crippen LogP contribution in [0.1, 0.15) is 44.7 Å². The largest absolute Gasteiger partial charge is 0.463 e. The molecule has 14 heteroatoms. The van der Waals surface area contributed by atoms with Gasteiger partial charge >= 0.3 is 6.01 Å². The molecule has 3 fully saturated rings. The molecular formula is C32H37F3N8O2S. The lowest BCUT2D eigenvalue weighted by Crippen LogP contribution is -2.47. The van der Waals surface area contributed by atoms with Gasteiger partial charge in [-0.05, 0) is 32.6 Å². The Morgan fingerprint density at radius 2 is 2.04 bits per heavy atom. The van der Waals surface area contributed by atoms with Crippen LogP contribution in [0, 0.1) is 28.5 Å². The number of fused-ring (bicyclic) bond motifs is 2. The maximum atomic E-state index is 16.7. The molecule has 2 saturated heterocycles. The fourth-order valence-corrected chi connectivity index (χ4v) is 8.11. The number of morpholine rings is 1. The zero-order valence-corrected chi connectivity index (χ0v) is 26.5. The SMILES string of the molecule is C[C@@H]1COCCN1CC1(COc2nc(N3CCCCC(N)C3)c3cnc(C4=C(F)C=C(F)C5SC(N)=C(C#N)C45)c(F)c3n2)CC1. The summed E-state index contributed by atoms with van der Waals surface area (Å²) in [6.45, 7) is 6.79. The van der Waals surface area contributed by atoms with Crippen LogP contribution in [0.25, 0.3) is 16.5 Å². The van der Waals surface area contributed by atoms with Gasteiger partial charge in [0.2, 0.25) is 0 Å². The van der Waals surface area contributed by atoms with Gasteiger partial charge < -0.3 is 25.8 Å². The summed E-state index contributed by atoms with van der Waals surface area (Å²) in [4.78, 5) is 18.1. The van der Waals surface area contributed by atoms with Crippen LogP contribution in [0.2, 0.25) is 0 Å². The van der Waals surface area contributed by atoms with E-state index < -0.39 is 28.6 Å². The zero-order chi connectivity index (χ0) is 32.2. The average molecular weight is 655 g/mol. The molecule has 0 radical (unpaired) electrons. The topological polar surface area (TPSA) is 139 Å². The highest BCUT2D eigenvalue weighted by molar-refractivity contribution is 8.04. The first-order valence-corrected chi connectivity index (χ1v) is 16.7. The van der Waals surface area contributed by atoms with Crippen LogP contribution in [0.5, 0.6) is 6.01 Å². The van der Waals surface area contributed by atoms with Crippen LogP contribution in [0.4, 0.5) is 19.0 Å². The number of allylic oxidation sites excluding steroid dienone is 4. The fraction of sp³-hybridized carbons (Fsp3) is 0.562. The Balaban J connectivity index is 1.28. The molecule has 0 amide bonds. The summed E-state index contributed by atoms with van der Waals surface area (Å²) >= 11 is 0.919. The lowest BCUT2D eigenvalue weighted by molar-refractivity contribution is -0.0134. The molecule has 244 valence electrons. The summed E-state index contributed by atoms with van der Waals surface area (Å²) in [7, 11) is 0. The molecule has 5 heterocycles. The molecule has 0 bridgehead atoms. The molecule has 7 rings (SSSR count). The number of nitrogens with zero attached hydrogens (tertiary/aromatic N) is 6. The van der Waals surface area contributed by atoms with Crippen molar-refractivity contribution in [3.05, 3.63) is 46.0 Å². The molecule has 3 aliphatic heterocycles. The van der Waals surface area contributed by atoms with E-state index in [1.165, 1.54) is 6.20 Å². The van der Waals surface area contributed by atoms with Gasteiger partial charge in [-0.15, -0.1) is 0 Å². The van der Waals surface area contributed by atoms with Gasteiger partial charge in [0.1, 0.15) is 28.7 Å². The Morgan fingerprint density at radius 1 is 1.22 bits per heavy atom. The maximum Gasteiger partial charge on any atom is 0.319 e. The molecule has 5 aliphatic rings. The quantitative estimate of drug-likeness (QED) is 0.441. The van der Waals surface area contributed by atoms with Crippen LogP contribution >= 0.6 is 11.8 Å². The van der Waals surface area contributed by atoms with E-state index in [4.69, 9.17) is 25.9 Å². The van der Waals surface area contributed by atoms with E-state index in [1.807, 2.05) is 11.0 Å². The smallest absolute Gasteiger partial charge is 0.319 e. The van der Waals surface area contributed by atoms with Crippen molar-refractivity contribution in [2.75, 3.05) is 50.9 Å². The van der Waals surface area contributed by atoms with Gasteiger partial charge in [0.15, 0.2) is 5.82 Å². The zero-order valence-electron chi connectivity index (χ0n) is 25.6. The number of hydrogen-bond acceptors (Lipinski definition) is 11. The van der Waals surface area contributed by atoms with Crippen LogP contribution in [-0.2, 0) is 4.74 Å². The number of halogens is 3. The molecule has 0 spiro atoms. The molecular weight excluding hydrogens is 617 g/mol. The second-order valence-corrected chi connectivity index (χ2v) is 14.3. The highest BCUT2D eigenvalue weighted by Crippen LogP contribution is 2.53. The van der Waals surface area contributed by atoms with Gasteiger partial charge in [-0.3, -0.25) is 9.88 Å². The third-order valence-electron chi connectivity index (χ3n) is 9.77. The van der Waals surface area contributed by atoms with Gasteiger partial charge in [0.25, 0.3) is 0 Å². The minimum atomic E-state index is -1.13. The molecule has 0 aromatic carbocycles. The van der Waals surface area contributed by atoms with Crippen molar-refractivity contribution < 1.29 is 22.6 Å². The number of hydrogen-bond donors (Lipinski definition) is 2. The number of nitriles is 1. The number of nitrogens with two attached hydrogens (primary N) is 2. The number of rotatable bonds is 7. The summed E-state index contributed by atoms with van der Waals surface area (Å²) in [6, 6.07) is 2.19. The van der Waals surface area contributed by atoms with E-state index in [2.05, 4.69) is 21.8 Å². The number of anilines is 1. The Kier molecular flexibility index (Phi) is 8.37. The first-order chi connectivity index (χ1) is 22.2. The first-order valence-electron chi connectivity index (χ1n) is 15.8. The van der Waals surface area contributed by atoms with E-state index in [9.17, 15) is 9.65 Å². The average Bonchev–Trinajstić information content (AvgIpc) is 3.77. The third-order valence-corrected chi connectivity index (χ3v) is 11.0. The molecule has 3 unspecified atom stereocenters. The standard InChI is InChI=1S/C32H37F3N8O2S/c1-17-14-44-9-8-43(17)15-32(5-6-32)16-45-31-40-26-20(30(41-31)42-7-3-2-4-18(37)13-42)12-39-27(25(26)35)24-21(33)10-22(34)28-23(24)19(11-36)29(38)46-28/h10,12,17-18,23,28H,2-9,13-16,37-38H2,1H3/t17-,18?,23?,28?/m1/s1. The summed E-state index contributed by atoms with van der Waals surface area (Å²) in [5.74, 6) is -3.37. The summed E-state index contributed by atoms with van der Waals surface area (Å²) in [5.41, 5.74) is 11.7. The Labute approximate surface area is 269 Å². The molecule has 4 N–H and O–H groups in total. The minimum Gasteiger partial charge on any atom is -0.463 e. The van der Waals surface area contributed by atoms with Crippen LogP contribution in [0.15, 0.2) is 34.5 Å². The number of ether oxygens (including phenoxy) is 2. The van der Waals surface area contributed by atoms with Crippen molar-refractivity contribution in [1.29, 1.82) is 5.26 Å². The van der Waals surface area contributed by atoms with E-state index in [0.717, 1.165) is 57.0 Å². The number of aromatic nitrogens is 3. The van der Waals surface area contributed by atoms with Crippen molar-refractivity contribution in [1.82, 2.24) is 19.9 Å². The van der Waals surface area contributed by atoms with E-state index in [0.29, 0.717) is 56.2 Å². The molecule has 2 aromatic rings. The Hall–Kier alpha value is -3.38. The maximum absolute atomic E-state index is 16.7. The van der Waals surface area contributed by atoms with Crippen molar-refractivity contribution in [2.45, 2.75) is 56.4 Å². The predicted molar refractivity (Wildman–Crippen MR) is 169 cm³/mol. The van der Waals surface area contributed by atoms with E-state index in [1.54, 1.807) is 0 Å². The second kappa shape index (κ2) is 12.3. The van der Waals surface area contributed by atoms with Gasteiger partial charge in [0.05, 0.1) is 47.1 Å². The Morgan fingerprint density at radius 3 is 2.80 bits per heavy atom. The molecule has 2 aromatic heterocycles. The number of thioether (sulfide) groups is 1. The molecule has 46 heavy (non-hydrogen) atoms. The Bertz CT molecular complexity index is 1690. The highest BCUT2D eigenvalue weighted by atomic mass is 32.2. The lowest BCUT2D eigenvalue weighted by Gasteiger charge is -2.35. The molecule has 10 nitrogen and oxygen atoms in total. The summed E-state index contributed by atoms with van der Waals surface area (Å²) in [5, 5.41) is 9.22. The highest BCUT2D eigenvalue weighted by Gasteiger charge is 2.47. The van der Waals surface area contributed by atoms with Gasteiger partial charge in [-0.2, -0.15) is 15.2 Å². The van der Waals surface area contributed by atoms with Gasteiger partial charge in [0, 0.05) is 67.4 Å². The van der Waals surface area contributed by atoms with Crippen LogP contribution in [0.3, 0.4) is 0 Å². The van der Waals surface area contributed by atoms with Crippen molar-refractivity contribution in [2.24, 2.45) is 22.8 Å². The lowest BCUT2D eigenvalue weighted by atomic mass is 9.82. The monoisotopic (exact) mass is 654 g/mol. The van der Waals surface area contributed by atoms with Gasteiger partial charge in [-0.25, -0.2) is 13.2 Å². The summed E-state index contributed by atoms with van der Waals surface area (Å²) < 4.78 is 59.0. The van der Waals surface area contributed by atoms with Crippen LogP contribution < -0.4 is 21.1 Å². The first kappa shape index (κ1) is 31.2. The molecule has 1 saturated carbocycles. The molecule has 4 atom stereocenters. The normalized spacial score (nSPS) is 28.2. The van der Waals surface area contributed by atoms with Gasteiger partial charge in [-0.1, -0.05) is 18.2 Å². The minimum absolute atomic E-state index is 0.0119. The second-order valence-electron chi connectivity index (χ2n) is 13.1. The predicted octanol–water partition coefficient (Wildman–Crippen LogP) is 4.33. The summed E-state index contributed by atoms with van der Waals surface area (Å²) in [6.07, 6.45) is 6.82.